The van der Waals surface area contributed by atoms with Crippen molar-refractivity contribution in [3.8, 4) is 0 Å². The van der Waals surface area contributed by atoms with Crippen molar-refractivity contribution in [1.29, 1.82) is 0 Å². The lowest BCUT2D eigenvalue weighted by Crippen LogP contribution is -2.31. The number of unbranched alkanes of at least 4 members (excludes halogenated alkanes) is 11. The highest BCUT2D eigenvalue weighted by Crippen LogP contribution is 2.18. The number of hydrogen-bond donors (Lipinski definition) is 1. The molecule has 0 fully saturated rings. The van der Waals surface area contributed by atoms with E-state index in [0.29, 0.717) is 19.4 Å². The lowest BCUT2D eigenvalue weighted by molar-refractivity contribution is -0.161. The lowest BCUT2D eigenvalue weighted by Gasteiger charge is -2.27. The van der Waals surface area contributed by atoms with Gasteiger partial charge in [-0.15, -0.1) is 0 Å². The van der Waals surface area contributed by atoms with Crippen LogP contribution in [0.2, 0.25) is 0 Å². The first kappa shape index (κ1) is 35.6. The maximum absolute atomic E-state index is 12.1. The van der Waals surface area contributed by atoms with Crippen LogP contribution >= 0.6 is 0 Å². The van der Waals surface area contributed by atoms with Crippen LogP contribution in [0.15, 0.2) is 12.2 Å². The zero-order valence-corrected chi connectivity index (χ0v) is 24.9. The Bertz CT molecular complexity index is 605. The minimum atomic E-state index is -0.657. The van der Waals surface area contributed by atoms with Gasteiger partial charge in [0, 0.05) is 12.8 Å². The van der Waals surface area contributed by atoms with Gasteiger partial charge in [0.15, 0.2) is 0 Å². The number of ether oxygens (including phenoxy) is 3. The predicted molar refractivity (Wildman–Crippen MR) is 152 cm³/mol. The summed E-state index contributed by atoms with van der Waals surface area (Å²) in [6, 6.07) is 0. The molecule has 0 spiro atoms. The third-order valence-corrected chi connectivity index (χ3v) is 6.17. The summed E-state index contributed by atoms with van der Waals surface area (Å²) in [5.41, 5.74) is -0.893. The van der Waals surface area contributed by atoms with Crippen LogP contribution in [0.25, 0.3) is 0 Å². The quantitative estimate of drug-likeness (QED) is 0.0829. The second kappa shape index (κ2) is 21.5. The molecule has 0 aromatic heterocycles. The molecule has 0 aliphatic rings. The normalized spacial score (nSPS) is 13.2. The molecule has 0 aliphatic heterocycles. The van der Waals surface area contributed by atoms with Gasteiger partial charge in [0.05, 0.1) is 37.8 Å². The average molecular weight is 527 g/mol. The zero-order valence-electron chi connectivity index (χ0n) is 24.9. The molecule has 0 bridgehead atoms. The van der Waals surface area contributed by atoms with Gasteiger partial charge in [0.25, 0.3) is 0 Å². The molecule has 0 aromatic rings. The van der Waals surface area contributed by atoms with Gasteiger partial charge in [-0.1, -0.05) is 83.3 Å². The highest BCUT2D eigenvalue weighted by atomic mass is 16.6. The molecule has 0 saturated heterocycles. The summed E-state index contributed by atoms with van der Waals surface area (Å²) in [5, 5.41) is 10.0. The number of rotatable bonds is 23. The molecule has 0 unspecified atom stereocenters. The molecule has 0 saturated carbocycles. The summed E-state index contributed by atoms with van der Waals surface area (Å²) in [5.74, 6) is -0.883. The van der Waals surface area contributed by atoms with Crippen molar-refractivity contribution in [3.05, 3.63) is 12.2 Å². The first-order valence-electron chi connectivity index (χ1n) is 14.8. The van der Waals surface area contributed by atoms with Crippen LogP contribution in [0.1, 0.15) is 144 Å². The van der Waals surface area contributed by atoms with Gasteiger partial charge in [-0.05, 0) is 47.5 Å². The van der Waals surface area contributed by atoms with Gasteiger partial charge >= 0.3 is 11.9 Å². The zero-order chi connectivity index (χ0) is 28.0. The SMILES string of the molecule is CCCCCCCCCCCCC/C=C/[C@@H](O)CCOC(=O)CCC(=O)OC(C)(C)CCOC(C)(C)C. The van der Waals surface area contributed by atoms with E-state index in [4.69, 9.17) is 14.2 Å². The van der Waals surface area contributed by atoms with Crippen molar-refractivity contribution in [1.82, 2.24) is 0 Å². The van der Waals surface area contributed by atoms with Crippen LogP contribution < -0.4 is 0 Å². The number of aliphatic hydroxyl groups is 1. The second-order valence-corrected chi connectivity index (χ2v) is 11.8. The van der Waals surface area contributed by atoms with Crippen molar-refractivity contribution in [3.63, 3.8) is 0 Å². The predicted octanol–water partition coefficient (Wildman–Crippen LogP) is 7.85. The smallest absolute Gasteiger partial charge is 0.306 e. The Kier molecular flexibility index (Phi) is 20.7. The van der Waals surface area contributed by atoms with Crippen LogP contribution in [0.3, 0.4) is 0 Å². The van der Waals surface area contributed by atoms with Gasteiger partial charge in [0.1, 0.15) is 5.60 Å². The lowest BCUT2D eigenvalue weighted by atomic mass is 10.1. The molecule has 0 rings (SSSR count). The fourth-order valence-electron chi connectivity index (χ4n) is 3.86. The fraction of sp³-hybridized carbons (Fsp3) is 0.871. The number of carbonyl (C=O) groups is 2. The van der Waals surface area contributed by atoms with E-state index < -0.39 is 23.6 Å². The molecule has 0 aromatic carbocycles. The molecule has 37 heavy (non-hydrogen) atoms. The minimum Gasteiger partial charge on any atom is -0.466 e. The highest BCUT2D eigenvalue weighted by Gasteiger charge is 2.24. The summed E-state index contributed by atoms with van der Waals surface area (Å²) < 4.78 is 16.3. The highest BCUT2D eigenvalue weighted by molar-refractivity contribution is 5.77. The standard InChI is InChI=1S/C31H58O6/c1-7-8-9-10-11-12-13-14-15-16-17-18-19-20-27(32)23-25-35-28(33)21-22-29(34)37-31(5,6)24-26-36-30(2,3)4/h19-20,27,32H,7-18,21-26H2,1-6H3/b20-19+/t27-/m1/s1. The van der Waals surface area contributed by atoms with Gasteiger partial charge in [0.2, 0.25) is 0 Å². The Balaban J connectivity index is 3.73. The molecule has 1 N–H and O–H groups in total. The van der Waals surface area contributed by atoms with Crippen LogP contribution in [0, 0.1) is 0 Å². The van der Waals surface area contributed by atoms with Crippen molar-refractivity contribution in [2.24, 2.45) is 0 Å². The maximum atomic E-state index is 12.1. The van der Waals surface area contributed by atoms with E-state index in [0.717, 1.165) is 12.8 Å². The Morgan fingerprint density at radius 3 is 1.89 bits per heavy atom. The molecule has 6 nitrogen and oxygen atoms in total. The Morgan fingerprint density at radius 2 is 1.32 bits per heavy atom. The summed E-state index contributed by atoms with van der Waals surface area (Å²) >= 11 is 0. The first-order valence-corrected chi connectivity index (χ1v) is 14.8. The molecule has 1 atom stereocenters. The number of aliphatic hydroxyl groups excluding tert-OH is 1. The molecule has 0 heterocycles. The van der Waals surface area contributed by atoms with E-state index in [2.05, 4.69) is 6.92 Å². The second-order valence-electron chi connectivity index (χ2n) is 11.8. The third kappa shape index (κ3) is 26.0. The minimum absolute atomic E-state index is 0.0240. The van der Waals surface area contributed by atoms with Crippen LogP contribution in [-0.4, -0.2) is 47.6 Å². The van der Waals surface area contributed by atoms with Crippen molar-refractivity contribution >= 4 is 11.9 Å². The molecular formula is C31H58O6. The average Bonchev–Trinajstić information content (AvgIpc) is 2.79. The van der Waals surface area contributed by atoms with Crippen LogP contribution in [0.5, 0.6) is 0 Å². The molecule has 0 radical (unpaired) electrons. The fourth-order valence-corrected chi connectivity index (χ4v) is 3.86. The van der Waals surface area contributed by atoms with Crippen molar-refractivity contribution in [2.75, 3.05) is 13.2 Å². The van der Waals surface area contributed by atoms with Crippen molar-refractivity contribution < 1.29 is 28.9 Å². The van der Waals surface area contributed by atoms with Crippen LogP contribution in [-0.2, 0) is 23.8 Å². The number of esters is 2. The summed E-state index contributed by atoms with van der Waals surface area (Å²) in [6.45, 7) is 12.5. The summed E-state index contributed by atoms with van der Waals surface area (Å²) in [7, 11) is 0. The molecule has 6 heteroatoms. The third-order valence-electron chi connectivity index (χ3n) is 6.17. The first-order chi connectivity index (χ1) is 17.4. The summed E-state index contributed by atoms with van der Waals surface area (Å²) in [6.07, 6.45) is 19.6. The van der Waals surface area contributed by atoms with E-state index in [1.165, 1.54) is 64.2 Å². The maximum Gasteiger partial charge on any atom is 0.306 e. The van der Waals surface area contributed by atoms with Gasteiger partial charge < -0.3 is 19.3 Å². The number of carbonyl (C=O) groups excluding carboxylic acids is 2. The molecule has 0 aliphatic carbocycles. The molecular weight excluding hydrogens is 468 g/mol. The van der Waals surface area contributed by atoms with E-state index in [1.54, 1.807) is 6.08 Å². The van der Waals surface area contributed by atoms with E-state index in [-0.39, 0.29) is 25.0 Å². The van der Waals surface area contributed by atoms with Gasteiger partial charge in [-0.2, -0.15) is 0 Å². The number of hydrogen-bond acceptors (Lipinski definition) is 6. The van der Waals surface area contributed by atoms with E-state index in [9.17, 15) is 14.7 Å². The number of allylic oxidation sites excluding steroid dienone is 1. The molecule has 0 amide bonds. The van der Waals surface area contributed by atoms with E-state index >= 15 is 0 Å². The Labute approximate surface area is 227 Å². The van der Waals surface area contributed by atoms with E-state index in [1.807, 2.05) is 40.7 Å². The Morgan fingerprint density at radius 1 is 0.784 bits per heavy atom. The summed E-state index contributed by atoms with van der Waals surface area (Å²) in [4.78, 5) is 24.0. The van der Waals surface area contributed by atoms with Crippen molar-refractivity contribution in [2.45, 2.75) is 162 Å². The van der Waals surface area contributed by atoms with Gasteiger partial charge in [-0.3, -0.25) is 9.59 Å². The van der Waals surface area contributed by atoms with Gasteiger partial charge in [-0.25, -0.2) is 0 Å². The largest absolute Gasteiger partial charge is 0.466 e. The monoisotopic (exact) mass is 526 g/mol. The van der Waals surface area contributed by atoms with Crippen LogP contribution in [0.4, 0.5) is 0 Å². The topological polar surface area (TPSA) is 82.1 Å². The Hall–Kier alpha value is -1.40. The molecule has 218 valence electrons.